The van der Waals surface area contributed by atoms with Gasteiger partial charge in [0.1, 0.15) is 10.8 Å². The van der Waals surface area contributed by atoms with Crippen molar-refractivity contribution in [2.24, 2.45) is 0 Å². The molecule has 0 aliphatic rings. The van der Waals surface area contributed by atoms with Gasteiger partial charge in [-0.05, 0) is 24.6 Å². The standard InChI is InChI=1S/C27H22N4S/c1-19-7-11-22(12-8-19)25-18-32-27(29-25)23-13-9-20(10-14-23)17-28-26-16-15-24(30-31-26)21-5-3-2-4-6-21/h2-16,18H,17H2,1H3,(H,28,31). The van der Waals surface area contributed by atoms with Gasteiger partial charge < -0.3 is 5.32 Å². The van der Waals surface area contributed by atoms with Gasteiger partial charge in [0.15, 0.2) is 0 Å². The van der Waals surface area contributed by atoms with Gasteiger partial charge in [-0.1, -0.05) is 84.4 Å². The molecule has 0 saturated heterocycles. The first-order valence-corrected chi connectivity index (χ1v) is 11.4. The number of nitrogens with one attached hydrogen (secondary N) is 1. The Labute approximate surface area is 191 Å². The fourth-order valence-corrected chi connectivity index (χ4v) is 4.25. The maximum Gasteiger partial charge on any atom is 0.148 e. The van der Waals surface area contributed by atoms with E-state index in [1.54, 1.807) is 11.3 Å². The van der Waals surface area contributed by atoms with Gasteiger partial charge in [-0.3, -0.25) is 0 Å². The molecule has 156 valence electrons. The molecule has 32 heavy (non-hydrogen) atoms. The zero-order valence-corrected chi connectivity index (χ0v) is 18.5. The molecule has 5 aromatic rings. The summed E-state index contributed by atoms with van der Waals surface area (Å²) >= 11 is 1.67. The number of aryl methyl sites for hydroxylation is 1. The highest BCUT2D eigenvalue weighted by molar-refractivity contribution is 7.13. The minimum atomic E-state index is 0.687. The summed E-state index contributed by atoms with van der Waals surface area (Å²) < 4.78 is 0. The minimum Gasteiger partial charge on any atom is -0.365 e. The third-order valence-corrected chi connectivity index (χ3v) is 6.15. The van der Waals surface area contributed by atoms with E-state index in [1.165, 1.54) is 11.1 Å². The summed E-state index contributed by atoms with van der Waals surface area (Å²) in [5.41, 5.74) is 7.67. The Morgan fingerprint density at radius 2 is 1.41 bits per heavy atom. The number of rotatable bonds is 6. The molecule has 0 radical (unpaired) electrons. The molecular formula is C27H22N4S. The van der Waals surface area contributed by atoms with Gasteiger partial charge in [-0.25, -0.2) is 4.98 Å². The van der Waals surface area contributed by atoms with Crippen molar-refractivity contribution in [2.75, 3.05) is 5.32 Å². The van der Waals surface area contributed by atoms with Crippen LogP contribution in [0.15, 0.2) is 96.4 Å². The van der Waals surface area contributed by atoms with Crippen molar-refractivity contribution in [3.63, 3.8) is 0 Å². The zero-order valence-electron chi connectivity index (χ0n) is 17.7. The SMILES string of the molecule is Cc1ccc(-c2csc(-c3ccc(CNc4ccc(-c5ccccc5)nn4)cc3)n2)cc1. The highest BCUT2D eigenvalue weighted by Crippen LogP contribution is 2.29. The van der Waals surface area contributed by atoms with Crippen LogP contribution in [0.2, 0.25) is 0 Å². The molecule has 0 unspecified atom stereocenters. The van der Waals surface area contributed by atoms with Gasteiger partial charge in [-0.15, -0.1) is 21.5 Å². The zero-order chi connectivity index (χ0) is 21.8. The summed E-state index contributed by atoms with van der Waals surface area (Å²) in [7, 11) is 0. The van der Waals surface area contributed by atoms with Crippen LogP contribution in [-0.2, 0) is 6.54 Å². The average Bonchev–Trinajstić information content (AvgIpc) is 3.35. The molecule has 0 fully saturated rings. The largest absolute Gasteiger partial charge is 0.365 e. The Morgan fingerprint density at radius 3 is 2.12 bits per heavy atom. The van der Waals surface area contributed by atoms with E-state index in [-0.39, 0.29) is 0 Å². The molecule has 0 saturated carbocycles. The van der Waals surface area contributed by atoms with Crippen molar-refractivity contribution < 1.29 is 0 Å². The first kappa shape index (κ1) is 20.1. The van der Waals surface area contributed by atoms with Gasteiger partial charge in [0.2, 0.25) is 0 Å². The number of thiazole rings is 1. The molecule has 0 aliphatic heterocycles. The van der Waals surface area contributed by atoms with Crippen LogP contribution in [0.1, 0.15) is 11.1 Å². The Morgan fingerprint density at radius 1 is 0.688 bits per heavy atom. The Balaban J connectivity index is 1.22. The van der Waals surface area contributed by atoms with E-state index < -0.39 is 0 Å². The molecule has 2 aromatic heterocycles. The Kier molecular flexibility index (Phi) is 5.73. The van der Waals surface area contributed by atoms with Gasteiger partial charge >= 0.3 is 0 Å². The summed E-state index contributed by atoms with van der Waals surface area (Å²) in [6.07, 6.45) is 0. The predicted octanol–water partition coefficient (Wildman–Crippen LogP) is 6.85. The van der Waals surface area contributed by atoms with Crippen LogP contribution in [-0.4, -0.2) is 15.2 Å². The van der Waals surface area contributed by atoms with E-state index >= 15 is 0 Å². The lowest BCUT2D eigenvalue weighted by atomic mass is 10.1. The second-order valence-corrected chi connectivity index (χ2v) is 8.48. The van der Waals surface area contributed by atoms with E-state index in [1.807, 2.05) is 42.5 Å². The van der Waals surface area contributed by atoms with Gasteiger partial charge in [0.25, 0.3) is 0 Å². The van der Waals surface area contributed by atoms with Gasteiger partial charge in [0, 0.05) is 28.6 Å². The van der Waals surface area contributed by atoms with E-state index in [9.17, 15) is 0 Å². The summed E-state index contributed by atoms with van der Waals surface area (Å²) in [4.78, 5) is 4.82. The quantitative estimate of drug-likeness (QED) is 0.317. The molecule has 1 N–H and O–H groups in total. The molecule has 3 aromatic carbocycles. The predicted molar refractivity (Wildman–Crippen MR) is 133 cm³/mol. The van der Waals surface area contributed by atoms with E-state index in [0.29, 0.717) is 6.54 Å². The van der Waals surface area contributed by atoms with Crippen LogP contribution >= 0.6 is 11.3 Å². The fraction of sp³-hybridized carbons (Fsp3) is 0.0741. The monoisotopic (exact) mass is 434 g/mol. The second kappa shape index (κ2) is 9.12. The lowest BCUT2D eigenvalue weighted by Gasteiger charge is -2.07. The number of hydrogen-bond donors (Lipinski definition) is 1. The van der Waals surface area contributed by atoms with Crippen molar-refractivity contribution in [2.45, 2.75) is 13.5 Å². The number of anilines is 1. The molecule has 2 heterocycles. The van der Waals surface area contributed by atoms with Crippen molar-refractivity contribution in [1.29, 1.82) is 0 Å². The van der Waals surface area contributed by atoms with Gasteiger partial charge in [-0.2, -0.15) is 0 Å². The Bertz CT molecular complexity index is 1290. The van der Waals surface area contributed by atoms with Crippen LogP contribution in [0.5, 0.6) is 0 Å². The molecule has 0 amide bonds. The summed E-state index contributed by atoms with van der Waals surface area (Å²) in [5, 5.41) is 15.1. The second-order valence-electron chi connectivity index (χ2n) is 7.62. The van der Waals surface area contributed by atoms with Crippen LogP contribution < -0.4 is 5.32 Å². The number of aromatic nitrogens is 3. The maximum atomic E-state index is 4.82. The van der Waals surface area contributed by atoms with Crippen LogP contribution in [0.3, 0.4) is 0 Å². The molecule has 0 aliphatic carbocycles. The molecule has 5 rings (SSSR count). The lowest BCUT2D eigenvalue weighted by molar-refractivity contribution is 1.01. The average molecular weight is 435 g/mol. The normalized spacial score (nSPS) is 10.8. The van der Waals surface area contributed by atoms with Crippen molar-refractivity contribution in [1.82, 2.24) is 15.2 Å². The lowest BCUT2D eigenvalue weighted by Crippen LogP contribution is -2.02. The minimum absolute atomic E-state index is 0.687. The molecule has 0 bridgehead atoms. The third-order valence-electron chi connectivity index (χ3n) is 5.26. The first-order chi connectivity index (χ1) is 15.7. The van der Waals surface area contributed by atoms with E-state index in [0.717, 1.165) is 38.9 Å². The highest BCUT2D eigenvalue weighted by atomic mass is 32.1. The summed E-state index contributed by atoms with van der Waals surface area (Å²) in [6.45, 7) is 2.78. The van der Waals surface area contributed by atoms with Crippen molar-refractivity contribution in [3.05, 3.63) is 108 Å². The summed E-state index contributed by atoms with van der Waals surface area (Å²) in [5.74, 6) is 0.761. The van der Waals surface area contributed by atoms with E-state index in [4.69, 9.17) is 4.98 Å². The topological polar surface area (TPSA) is 50.7 Å². The van der Waals surface area contributed by atoms with Crippen molar-refractivity contribution in [3.8, 4) is 33.1 Å². The molecule has 0 atom stereocenters. The smallest absolute Gasteiger partial charge is 0.148 e. The third kappa shape index (κ3) is 4.58. The maximum absolute atomic E-state index is 4.82. The number of nitrogens with zero attached hydrogens (tertiary/aromatic N) is 3. The van der Waals surface area contributed by atoms with Crippen LogP contribution in [0.25, 0.3) is 33.1 Å². The summed E-state index contributed by atoms with van der Waals surface area (Å²) in [6, 6.07) is 31.0. The van der Waals surface area contributed by atoms with Crippen LogP contribution in [0.4, 0.5) is 5.82 Å². The fourth-order valence-electron chi connectivity index (χ4n) is 3.41. The van der Waals surface area contributed by atoms with E-state index in [2.05, 4.69) is 76.3 Å². The molecule has 5 heteroatoms. The first-order valence-electron chi connectivity index (χ1n) is 10.5. The molecular weight excluding hydrogens is 412 g/mol. The highest BCUT2D eigenvalue weighted by Gasteiger charge is 2.07. The van der Waals surface area contributed by atoms with Crippen LogP contribution in [0, 0.1) is 6.92 Å². The number of hydrogen-bond acceptors (Lipinski definition) is 5. The van der Waals surface area contributed by atoms with Gasteiger partial charge in [0.05, 0.1) is 11.4 Å². The number of benzene rings is 3. The molecule has 0 spiro atoms. The van der Waals surface area contributed by atoms with Crippen molar-refractivity contribution >= 4 is 17.2 Å². The molecule has 4 nitrogen and oxygen atoms in total. The Hall–Kier alpha value is -3.83.